The van der Waals surface area contributed by atoms with Gasteiger partial charge in [-0.25, -0.2) is 4.79 Å². The second-order valence-electron chi connectivity index (χ2n) is 6.41. The third-order valence-electron chi connectivity index (χ3n) is 4.19. The first kappa shape index (κ1) is 18.2. The summed E-state index contributed by atoms with van der Waals surface area (Å²) in [6.07, 6.45) is 4.43. The number of rotatable bonds is 9. The minimum absolute atomic E-state index is 0.186. The molecule has 1 saturated carbocycles. The average Bonchev–Trinajstić information content (AvgIpc) is 3.30. The number of esters is 1. The minimum Gasteiger partial charge on any atom is -0.454 e. The van der Waals surface area contributed by atoms with Crippen molar-refractivity contribution in [2.75, 3.05) is 13.2 Å². The van der Waals surface area contributed by atoms with Gasteiger partial charge in [-0.05, 0) is 25.7 Å². The van der Waals surface area contributed by atoms with E-state index in [4.69, 9.17) is 4.74 Å². The van der Waals surface area contributed by atoms with Gasteiger partial charge in [-0.15, -0.1) is 0 Å². The van der Waals surface area contributed by atoms with E-state index in [1.807, 2.05) is 13.8 Å². The fourth-order valence-corrected chi connectivity index (χ4v) is 2.96. The van der Waals surface area contributed by atoms with Gasteiger partial charge in [0.05, 0.1) is 0 Å². The Morgan fingerprint density at radius 1 is 1.25 bits per heavy atom. The van der Waals surface area contributed by atoms with Gasteiger partial charge in [-0.3, -0.25) is 19.3 Å². The van der Waals surface area contributed by atoms with Gasteiger partial charge in [-0.2, -0.15) is 0 Å². The van der Waals surface area contributed by atoms with Crippen molar-refractivity contribution in [1.82, 2.24) is 15.5 Å². The fourth-order valence-electron chi connectivity index (χ4n) is 2.96. The molecule has 0 aromatic heterocycles. The van der Waals surface area contributed by atoms with Crippen LogP contribution in [0, 0.1) is 0 Å². The molecular weight excluding hydrogens is 314 g/mol. The molecule has 134 valence electrons. The maximum Gasteiger partial charge on any atom is 0.326 e. The van der Waals surface area contributed by atoms with Crippen LogP contribution in [0.3, 0.4) is 0 Å². The van der Waals surface area contributed by atoms with Crippen LogP contribution in [0.2, 0.25) is 0 Å². The zero-order valence-electron chi connectivity index (χ0n) is 14.2. The van der Waals surface area contributed by atoms with Gasteiger partial charge in [0.2, 0.25) is 0 Å². The summed E-state index contributed by atoms with van der Waals surface area (Å²) in [4.78, 5) is 48.9. The third kappa shape index (κ3) is 4.24. The Morgan fingerprint density at radius 2 is 1.88 bits per heavy atom. The zero-order valence-corrected chi connectivity index (χ0v) is 14.2. The van der Waals surface area contributed by atoms with Crippen molar-refractivity contribution in [1.29, 1.82) is 0 Å². The molecule has 0 radical (unpaired) electrons. The molecule has 2 N–H and O–H groups in total. The summed E-state index contributed by atoms with van der Waals surface area (Å²) in [5, 5.41) is 5.42. The maximum atomic E-state index is 12.6. The van der Waals surface area contributed by atoms with Gasteiger partial charge in [0.1, 0.15) is 12.1 Å². The number of carbonyl (C=O) groups is 4. The molecule has 0 bridgehead atoms. The van der Waals surface area contributed by atoms with E-state index in [1.165, 1.54) is 0 Å². The summed E-state index contributed by atoms with van der Waals surface area (Å²) in [5.41, 5.74) is -0.926. The van der Waals surface area contributed by atoms with E-state index < -0.39 is 36.6 Å². The highest BCUT2D eigenvalue weighted by Crippen LogP contribution is 2.27. The summed E-state index contributed by atoms with van der Waals surface area (Å²) < 4.78 is 4.85. The quantitative estimate of drug-likeness (QED) is 0.475. The molecule has 0 aromatic rings. The van der Waals surface area contributed by atoms with Gasteiger partial charge in [-0.1, -0.05) is 26.7 Å². The van der Waals surface area contributed by atoms with Crippen LogP contribution in [0.1, 0.15) is 52.4 Å². The molecule has 2 aliphatic rings. The van der Waals surface area contributed by atoms with Crippen molar-refractivity contribution < 1.29 is 23.9 Å². The van der Waals surface area contributed by atoms with Crippen molar-refractivity contribution in [3.8, 4) is 0 Å². The number of amides is 4. The van der Waals surface area contributed by atoms with Crippen molar-refractivity contribution in [2.24, 2.45) is 0 Å². The van der Waals surface area contributed by atoms with Crippen LogP contribution < -0.4 is 10.6 Å². The molecule has 1 aliphatic carbocycles. The van der Waals surface area contributed by atoms with E-state index >= 15 is 0 Å². The first-order valence-electron chi connectivity index (χ1n) is 8.51. The Bertz CT molecular complexity index is 524. The highest BCUT2D eigenvalue weighted by molar-refractivity contribution is 6.08. The van der Waals surface area contributed by atoms with Crippen molar-refractivity contribution in [3.63, 3.8) is 0 Å². The van der Waals surface area contributed by atoms with Crippen molar-refractivity contribution in [2.45, 2.75) is 64.0 Å². The molecule has 2 rings (SSSR count). The SMILES string of the molecule is CCCC1(CCC)NC(=O)N(CC(=O)OCC(=O)NC2CC2)C1=O. The summed E-state index contributed by atoms with van der Waals surface area (Å²) in [5.74, 6) is -1.53. The Balaban J connectivity index is 1.88. The monoisotopic (exact) mass is 339 g/mol. The molecule has 4 amide bonds. The van der Waals surface area contributed by atoms with Gasteiger partial charge in [0, 0.05) is 6.04 Å². The van der Waals surface area contributed by atoms with E-state index in [1.54, 1.807) is 0 Å². The number of urea groups is 1. The number of hydrogen-bond acceptors (Lipinski definition) is 5. The molecule has 2 fully saturated rings. The normalized spacial score (nSPS) is 19.2. The number of nitrogens with one attached hydrogen (secondary N) is 2. The predicted molar refractivity (Wildman–Crippen MR) is 84.9 cm³/mol. The third-order valence-corrected chi connectivity index (χ3v) is 4.19. The zero-order chi connectivity index (χ0) is 17.7. The molecule has 1 saturated heterocycles. The second-order valence-corrected chi connectivity index (χ2v) is 6.41. The summed E-state index contributed by atoms with van der Waals surface area (Å²) in [6, 6.07) is -0.396. The van der Waals surface area contributed by atoms with Gasteiger partial charge in [0.15, 0.2) is 6.61 Å². The molecule has 0 unspecified atom stereocenters. The lowest BCUT2D eigenvalue weighted by Crippen LogP contribution is -2.47. The van der Waals surface area contributed by atoms with Crippen molar-refractivity contribution in [3.05, 3.63) is 0 Å². The number of hydrogen-bond donors (Lipinski definition) is 2. The molecule has 24 heavy (non-hydrogen) atoms. The lowest BCUT2D eigenvalue weighted by atomic mass is 9.88. The smallest absolute Gasteiger partial charge is 0.326 e. The first-order chi connectivity index (χ1) is 11.4. The van der Waals surface area contributed by atoms with Gasteiger partial charge >= 0.3 is 12.0 Å². The average molecular weight is 339 g/mol. The highest BCUT2D eigenvalue weighted by Gasteiger charge is 2.50. The maximum absolute atomic E-state index is 12.6. The van der Waals surface area contributed by atoms with Crippen LogP contribution in [-0.2, 0) is 19.1 Å². The Labute approximate surface area is 141 Å². The van der Waals surface area contributed by atoms with Gasteiger partial charge < -0.3 is 15.4 Å². The molecule has 0 atom stereocenters. The fraction of sp³-hybridized carbons (Fsp3) is 0.750. The molecule has 1 aliphatic heterocycles. The van der Waals surface area contributed by atoms with E-state index in [0.29, 0.717) is 12.8 Å². The number of carbonyl (C=O) groups excluding carboxylic acids is 4. The van der Waals surface area contributed by atoms with Gasteiger partial charge in [0.25, 0.3) is 11.8 Å². The summed E-state index contributed by atoms with van der Waals surface area (Å²) in [7, 11) is 0. The van der Waals surface area contributed by atoms with E-state index in [0.717, 1.165) is 30.6 Å². The van der Waals surface area contributed by atoms with Crippen LogP contribution in [0.5, 0.6) is 0 Å². The highest BCUT2D eigenvalue weighted by atomic mass is 16.5. The number of ether oxygens (including phenoxy) is 1. The second kappa shape index (κ2) is 7.63. The number of nitrogens with zero attached hydrogens (tertiary/aromatic N) is 1. The molecule has 0 spiro atoms. The lowest BCUT2D eigenvalue weighted by Gasteiger charge is -2.25. The topological polar surface area (TPSA) is 105 Å². The van der Waals surface area contributed by atoms with E-state index in [-0.39, 0.29) is 11.9 Å². The standard InChI is InChI=1S/C16H25N3O5/c1-3-7-16(8-4-2)14(22)19(15(23)18-16)9-13(21)24-10-12(20)17-11-5-6-11/h11H,3-10H2,1-2H3,(H,17,20)(H,18,23). The minimum atomic E-state index is -0.926. The first-order valence-corrected chi connectivity index (χ1v) is 8.51. The largest absolute Gasteiger partial charge is 0.454 e. The number of imide groups is 1. The van der Waals surface area contributed by atoms with Crippen LogP contribution >= 0.6 is 0 Å². The van der Waals surface area contributed by atoms with E-state index in [2.05, 4.69) is 10.6 Å². The lowest BCUT2D eigenvalue weighted by molar-refractivity contribution is -0.151. The van der Waals surface area contributed by atoms with Crippen molar-refractivity contribution >= 4 is 23.8 Å². The Morgan fingerprint density at radius 3 is 2.42 bits per heavy atom. The van der Waals surface area contributed by atoms with E-state index in [9.17, 15) is 19.2 Å². The molecule has 8 nitrogen and oxygen atoms in total. The molecular formula is C16H25N3O5. The van der Waals surface area contributed by atoms with Crippen LogP contribution in [-0.4, -0.2) is 53.4 Å². The van der Waals surface area contributed by atoms with Crippen LogP contribution in [0.25, 0.3) is 0 Å². The Kier molecular flexibility index (Phi) is 5.80. The molecule has 1 heterocycles. The summed E-state index contributed by atoms with van der Waals surface area (Å²) >= 11 is 0. The Hall–Kier alpha value is -2.12. The molecule has 8 heteroatoms. The van der Waals surface area contributed by atoms with Crippen LogP contribution in [0.4, 0.5) is 4.79 Å². The predicted octanol–water partition coefficient (Wildman–Crippen LogP) is 0.699. The molecule has 0 aromatic carbocycles. The summed E-state index contributed by atoms with van der Waals surface area (Å²) in [6.45, 7) is 3.00. The van der Waals surface area contributed by atoms with Crippen LogP contribution in [0.15, 0.2) is 0 Å².